The van der Waals surface area contributed by atoms with Crippen molar-refractivity contribution in [3.63, 3.8) is 0 Å². The second kappa shape index (κ2) is 8.09. The number of fused-ring (bicyclic) bond motifs is 1. The van der Waals surface area contributed by atoms with Gasteiger partial charge in [-0.05, 0) is 68.9 Å². The standard InChI is InChI=1S/C21H23FO2.CH2O3/c1-21(2)12-16-10-18(22)11-17(20(16)24-21)13-23-19-7-5-15(6-8-19)9-14-3-4-14;2-1(3)4/h5-8,10-11,14H,3-4,9,12-13H2,1-2H3;(H2,2,3,4). The first-order valence-electron chi connectivity index (χ1n) is 9.36. The largest absolute Gasteiger partial charge is 0.503 e. The number of hydrogen-bond acceptors (Lipinski definition) is 3. The lowest BCUT2D eigenvalue weighted by Crippen LogP contribution is -2.25. The Bertz CT molecular complexity index is 837. The Hall–Kier alpha value is -2.76. The summed E-state index contributed by atoms with van der Waals surface area (Å²) in [6.45, 7) is 4.36. The fraction of sp³-hybridized carbons (Fsp3) is 0.409. The number of rotatable bonds is 5. The Balaban J connectivity index is 0.000000516. The van der Waals surface area contributed by atoms with Crippen LogP contribution < -0.4 is 9.47 Å². The molecule has 1 fully saturated rings. The van der Waals surface area contributed by atoms with Gasteiger partial charge in [-0.2, -0.15) is 0 Å². The van der Waals surface area contributed by atoms with E-state index >= 15 is 0 Å². The highest BCUT2D eigenvalue weighted by atomic mass is 19.1. The monoisotopic (exact) mass is 388 g/mol. The SMILES string of the molecule is CC1(C)Cc2cc(F)cc(COc3ccc(CC4CC4)cc3)c2O1.O=C(O)O. The second-order valence-corrected chi connectivity index (χ2v) is 7.95. The molecule has 0 saturated heterocycles. The molecule has 150 valence electrons. The third-order valence-electron chi connectivity index (χ3n) is 4.74. The van der Waals surface area contributed by atoms with Gasteiger partial charge in [0.15, 0.2) is 0 Å². The number of carboxylic acid groups (broad SMARTS) is 2. The third kappa shape index (κ3) is 5.62. The molecule has 1 heterocycles. The first-order chi connectivity index (χ1) is 13.2. The lowest BCUT2D eigenvalue weighted by molar-refractivity contribution is 0.134. The molecule has 0 spiro atoms. The first-order valence-corrected chi connectivity index (χ1v) is 9.36. The molecule has 4 rings (SSSR count). The minimum Gasteiger partial charge on any atom is -0.489 e. The van der Waals surface area contributed by atoms with Crippen molar-refractivity contribution < 1.29 is 28.9 Å². The van der Waals surface area contributed by atoms with Crippen molar-refractivity contribution in [1.82, 2.24) is 0 Å². The molecule has 2 N–H and O–H groups in total. The summed E-state index contributed by atoms with van der Waals surface area (Å²) >= 11 is 0. The molecule has 0 bridgehead atoms. The molecule has 2 aliphatic rings. The maximum atomic E-state index is 13.9. The average Bonchev–Trinajstić information content (AvgIpc) is 3.34. The maximum Gasteiger partial charge on any atom is 0.503 e. The van der Waals surface area contributed by atoms with Crippen LogP contribution in [0.15, 0.2) is 36.4 Å². The van der Waals surface area contributed by atoms with Gasteiger partial charge in [0.2, 0.25) is 0 Å². The van der Waals surface area contributed by atoms with Crippen LogP contribution in [0.5, 0.6) is 11.5 Å². The smallest absolute Gasteiger partial charge is 0.489 e. The van der Waals surface area contributed by atoms with E-state index in [-0.39, 0.29) is 11.4 Å². The predicted octanol–water partition coefficient (Wildman–Crippen LogP) is 5.29. The molecule has 0 unspecified atom stereocenters. The summed E-state index contributed by atoms with van der Waals surface area (Å²) in [5.74, 6) is 2.25. The fourth-order valence-corrected chi connectivity index (χ4v) is 3.39. The molecule has 0 atom stereocenters. The van der Waals surface area contributed by atoms with Crippen molar-refractivity contribution in [1.29, 1.82) is 0 Å². The van der Waals surface area contributed by atoms with E-state index in [9.17, 15) is 4.39 Å². The van der Waals surface area contributed by atoms with E-state index in [1.165, 1.54) is 30.9 Å². The van der Waals surface area contributed by atoms with Crippen LogP contribution in [0.4, 0.5) is 9.18 Å². The van der Waals surface area contributed by atoms with Gasteiger partial charge < -0.3 is 19.7 Å². The second-order valence-electron chi connectivity index (χ2n) is 7.95. The third-order valence-corrected chi connectivity index (χ3v) is 4.74. The van der Waals surface area contributed by atoms with E-state index in [0.717, 1.165) is 35.0 Å². The summed E-state index contributed by atoms with van der Waals surface area (Å²) in [5, 5.41) is 13.9. The highest BCUT2D eigenvalue weighted by Crippen LogP contribution is 2.39. The lowest BCUT2D eigenvalue weighted by Gasteiger charge is -2.18. The Morgan fingerprint density at radius 1 is 1.21 bits per heavy atom. The number of hydrogen-bond donors (Lipinski definition) is 2. The van der Waals surface area contributed by atoms with Crippen molar-refractivity contribution in [2.24, 2.45) is 5.92 Å². The highest BCUT2D eigenvalue weighted by molar-refractivity contribution is 5.53. The number of benzene rings is 2. The normalized spacial score (nSPS) is 16.4. The van der Waals surface area contributed by atoms with Crippen LogP contribution in [0, 0.1) is 11.7 Å². The Morgan fingerprint density at radius 2 is 1.86 bits per heavy atom. The van der Waals surface area contributed by atoms with E-state index in [0.29, 0.717) is 6.61 Å². The summed E-state index contributed by atoms with van der Waals surface area (Å²) in [5.41, 5.74) is 2.78. The molecule has 1 aliphatic heterocycles. The van der Waals surface area contributed by atoms with Gasteiger partial charge in [-0.3, -0.25) is 0 Å². The summed E-state index contributed by atoms with van der Waals surface area (Å²) < 4.78 is 25.7. The van der Waals surface area contributed by atoms with Gasteiger partial charge in [-0.1, -0.05) is 12.1 Å². The van der Waals surface area contributed by atoms with Gasteiger partial charge >= 0.3 is 6.16 Å². The summed E-state index contributed by atoms with van der Waals surface area (Å²) in [6.07, 6.45) is 2.78. The van der Waals surface area contributed by atoms with Crippen LogP contribution in [0.1, 0.15) is 43.4 Å². The van der Waals surface area contributed by atoms with Gasteiger partial charge in [0.05, 0.1) is 0 Å². The van der Waals surface area contributed by atoms with Gasteiger partial charge in [0.25, 0.3) is 0 Å². The number of halogens is 1. The molecule has 2 aromatic rings. The molecular weight excluding hydrogens is 363 g/mol. The minimum absolute atomic E-state index is 0.228. The zero-order valence-electron chi connectivity index (χ0n) is 16.1. The van der Waals surface area contributed by atoms with Gasteiger partial charge in [0.1, 0.15) is 29.5 Å². The molecule has 0 aromatic heterocycles. The van der Waals surface area contributed by atoms with Crippen LogP contribution in [0.3, 0.4) is 0 Å². The van der Waals surface area contributed by atoms with Crippen molar-refractivity contribution in [2.45, 2.75) is 51.7 Å². The first kappa shape index (κ1) is 20.0. The van der Waals surface area contributed by atoms with Crippen molar-refractivity contribution in [2.75, 3.05) is 0 Å². The quantitative estimate of drug-likeness (QED) is 0.727. The van der Waals surface area contributed by atoms with Gasteiger partial charge in [0, 0.05) is 17.5 Å². The van der Waals surface area contributed by atoms with Crippen molar-refractivity contribution in [3.8, 4) is 11.5 Å². The highest BCUT2D eigenvalue weighted by Gasteiger charge is 2.32. The Labute approximate surface area is 163 Å². The van der Waals surface area contributed by atoms with Crippen LogP contribution in [-0.4, -0.2) is 22.0 Å². The molecule has 1 saturated carbocycles. The van der Waals surface area contributed by atoms with E-state index in [1.54, 1.807) is 6.07 Å². The van der Waals surface area contributed by atoms with Gasteiger partial charge in [-0.25, -0.2) is 9.18 Å². The Kier molecular flexibility index (Phi) is 5.77. The molecule has 0 radical (unpaired) electrons. The minimum atomic E-state index is -1.83. The van der Waals surface area contributed by atoms with E-state index in [4.69, 9.17) is 24.5 Å². The molecule has 6 heteroatoms. The van der Waals surface area contributed by atoms with Gasteiger partial charge in [-0.15, -0.1) is 0 Å². The predicted molar refractivity (Wildman–Crippen MR) is 103 cm³/mol. The summed E-state index contributed by atoms with van der Waals surface area (Å²) in [7, 11) is 0. The number of ether oxygens (including phenoxy) is 2. The van der Waals surface area contributed by atoms with E-state index in [2.05, 4.69) is 12.1 Å². The molecule has 2 aromatic carbocycles. The molecule has 1 aliphatic carbocycles. The van der Waals surface area contributed by atoms with Crippen molar-refractivity contribution >= 4 is 6.16 Å². The fourth-order valence-electron chi connectivity index (χ4n) is 3.39. The van der Waals surface area contributed by atoms with Crippen molar-refractivity contribution in [3.05, 3.63) is 58.9 Å². The molecular formula is C22H25FO5. The van der Waals surface area contributed by atoms with Crippen LogP contribution >= 0.6 is 0 Å². The molecule has 0 amide bonds. The maximum absolute atomic E-state index is 13.9. The van der Waals surface area contributed by atoms with Crippen LogP contribution in [0.25, 0.3) is 0 Å². The zero-order valence-corrected chi connectivity index (χ0v) is 16.1. The van der Waals surface area contributed by atoms with Crippen LogP contribution in [0.2, 0.25) is 0 Å². The molecule has 28 heavy (non-hydrogen) atoms. The molecule has 5 nitrogen and oxygen atoms in total. The van der Waals surface area contributed by atoms with E-state index < -0.39 is 6.16 Å². The summed E-state index contributed by atoms with van der Waals surface area (Å²) in [4.78, 5) is 8.56. The lowest BCUT2D eigenvalue weighted by atomic mass is 10.0. The summed E-state index contributed by atoms with van der Waals surface area (Å²) in [6, 6.07) is 11.3. The number of carbonyl (C=O) groups is 1. The average molecular weight is 388 g/mol. The Morgan fingerprint density at radius 3 is 2.46 bits per heavy atom. The topological polar surface area (TPSA) is 76.0 Å². The van der Waals surface area contributed by atoms with E-state index in [1.807, 2.05) is 26.0 Å². The zero-order chi connectivity index (χ0) is 20.3. The van der Waals surface area contributed by atoms with Crippen LogP contribution in [-0.2, 0) is 19.4 Å².